The van der Waals surface area contributed by atoms with Gasteiger partial charge in [0.25, 0.3) is 0 Å². The van der Waals surface area contributed by atoms with Gasteiger partial charge in [-0.3, -0.25) is 14.1 Å². The average molecular weight is 1180 g/mol. The Morgan fingerprint density at radius 2 is 0.489 bits per heavy atom. The van der Waals surface area contributed by atoms with Crippen molar-refractivity contribution in [1.82, 2.24) is 28.2 Å². The Kier molecular flexibility index (Phi) is 12.1. The van der Waals surface area contributed by atoms with E-state index in [-0.39, 0.29) is 0 Å². The van der Waals surface area contributed by atoms with Crippen molar-refractivity contribution < 1.29 is 0 Å². The summed E-state index contributed by atoms with van der Waals surface area (Å²) < 4.78 is 9.97. The first-order valence-electron chi connectivity index (χ1n) is 31.7. The zero-order valence-electron chi connectivity index (χ0n) is 51.4. The van der Waals surface area contributed by atoms with Crippen LogP contribution in [0.4, 0.5) is 0 Å². The minimum Gasteiger partial charge on any atom is -0.305 e. The van der Waals surface area contributed by atoms with Crippen LogP contribution >= 0.6 is 0 Å². The standard InChI is InChI=1S/C86H60N6/c1-53-28-36-78-65(45-53)66-46-54(2)29-37-79(66)91(78)85-83(89-74-40-32-61(57-19-9-5-10-20-57)49-69(74)70-50-62(33-41-75(70)89)58-21-11-6-12-22-58)82(73-27-17-18-44-87-73)84(86(88-85)92-80-38-30-55(3)47-67(80)68-48-56(4)31-39-81(68)92)90-76-42-34-63(59-23-13-7-14-24-59)51-71(76)72-52-64(35-43-77(72)90)60-25-15-8-16-26-60/h5-52H,1-4H3. The number of fused-ring (bicyclic) bond motifs is 12. The van der Waals surface area contributed by atoms with E-state index in [1.54, 1.807) is 0 Å². The van der Waals surface area contributed by atoms with E-state index in [1.807, 2.05) is 12.3 Å². The molecule has 0 N–H and O–H groups in total. The van der Waals surface area contributed by atoms with Crippen LogP contribution in [-0.2, 0) is 0 Å². The van der Waals surface area contributed by atoms with Crippen LogP contribution < -0.4 is 0 Å². The van der Waals surface area contributed by atoms with E-state index in [2.05, 4.69) is 325 Å². The number of nitrogens with zero attached hydrogens (tertiary/aromatic N) is 6. The van der Waals surface area contributed by atoms with Crippen molar-refractivity contribution in [1.29, 1.82) is 0 Å². The molecule has 0 amide bonds. The van der Waals surface area contributed by atoms with Gasteiger partial charge in [-0.15, -0.1) is 0 Å². The summed E-state index contributed by atoms with van der Waals surface area (Å²) in [6, 6.07) is 105. The van der Waals surface area contributed by atoms with Gasteiger partial charge < -0.3 is 9.13 Å². The fourth-order valence-corrected chi connectivity index (χ4v) is 14.8. The molecule has 6 nitrogen and oxygen atoms in total. The van der Waals surface area contributed by atoms with Gasteiger partial charge in [0.05, 0.1) is 55.4 Å². The fraction of sp³-hybridized carbons (Fsp3) is 0.0465. The summed E-state index contributed by atoms with van der Waals surface area (Å²) in [5, 5.41) is 9.17. The third kappa shape index (κ3) is 8.34. The quantitative estimate of drug-likeness (QED) is 0.145. The van der Waals surface area contributed by atoms with Gasteiger partial charge in [0.15, 0.2) is 11.6 Å². The highest BCUT2D eigenvalue weighted by Gasteiger charge is 2.34. The zero-order chi connectivity index (χ0) is 61.3. The molecule has 0 fully saturated rings. The van der Waals surface area contributed by atoms with E-state index < -0.39 is 0 Å². The molecule has 0 radical (unpaired) electrons. The Labute approximate surface area is 532 Å². The Hall–Kier alpha value is -11.9. The van der Waals surface area contributed by atoms with E-state index >= 15 is 0 Å². The Morgan fingerprint density at radius 1 is 0.228 bits per heavy atom. The van der Waals surface area contributed by atoms with E-state index in [0.29, 0.717) is 0 Å². The van der Waals surface area contributed by atoms with Crippen LogP contribution in [0.25, 0.3) is 166 Å². The lowest BCUT2D eigenvalue weighted by molar-refractivity contribution is 0.959. The monoisotopic (exact) mass is 1180 g/mol. The number of hydrogen-bond acceptors (Lipinski definition) is 2. The molecule has 0 saturated carbocycles. The number of benzene rings is 12. The number of hydrogen-bond donors (Lipinski definition) is 0. The smallest absolute Gasteiger partial charge is 0.165 e. The maximum Gasteiger partial charge on any atom is 0.165 e. The molecule has 6 aromatic heterocycles. The van der Waals surface area contributed by atoms with E-state index in [4.69, 9.17) is 9.97 Å². The summed E-state index contributed by atoms with van der Waals surface area (Å²) in [7, 11) is 0. The number of aryl methyl sites for hydroxylation is 4. The molecule has 18 aromatic rings. The van der Waals surface area contributed by atoms with Crippen molar-refractivity contribution in [2.24, 2.45) is 0 Å². The molecular formula is C86H60N6. The number of pyridine rings is 2. The lowest BCUT2D eigenvalue weighted by Gasteiger charge is -2.26. The van der Waals surface area contributed by atoms with Gasteiger partial charge in [-0.25, -0.2) is 4.98 Å². The van der Waals surface area contributed by atoms with Crippen LogP contribution in [0.15, 0.2) is 291 Å². The van der Waals surface area contributed by atoms with Crippen molar-refractivity contribution in [3.8, 4) is 78.8 Å². The molecule has 0 atom stereocenters. The first-order chi connectivity index (χ1) is 45.3. The van der Waals surface area contributed by atoms with Gasteiger partial charge in [-0.2, -0.15) is 0 Å². The second-order valence-corrected chi connectivity index (χ2v) is 24.9. The van der Waals surface area contributed by atoms with E-state index in [0.717, 1.165) is 166 Å². The molecule has 12 aromatic carbocycles. The molecule has 18 rings (SSSR count). The highest BCUT2D eigenvalue weighted by molar-refractivity contribution is 6.17. The molecule has 434 valence electrons. The van der Waals surface area contributed by atoms with Gasteiger partial charge in [0.1, 0.15) is 11.4 Å². The molecule has 6 heteroatoms. The van der Waals surface area contributed by atoms with Crippen molar-refractivity contribution in [3.63, 3.8) is 0 Å². The molecule has 0 aliphatic rings. The van der Waals surface area contributed by atoms with Crippen LogP contribution in [-0.4, -0.2) is 28.2 Å². The van der Waals surface area contributed by atoms with Gasteiger partial charge in [-0.05, 0) is 181 Å². The number of aromatic nitrogens is 6. The van der Waals surface area contributed by atoms with Gasteiger partial charge in [0.2, 0.25) is 0 Å². The molecule has 0 bridgehead atoms. The lowest BCUT2D eigenvalue weighted by Crippen LogP contribution is -2.16. The van der Waals surface area contributed by atoms with Crippen molar-refractivity contribution in [2.45, 2.75) is 27.7 Å². The molecule has 6 heterocycles. The minimum absolute atomic E-state index is 0.767. The van der Waals surface area contributed by atoms with Crippen LogP contribution in [0, 0.1) is 27.7 Å². The van der Waals surface area contributed by atoms with Crippen molar-refractivity contribution in [3.05, 3.63) is 314 Å². The van der Waals surface area contributed by atoms with Gasteiger partial charge in [-0.1, -0.05) is 198 Å². The van der Waals surface area contributed by atoms with Gasteiger partial charge in [0, 0.05) is 49.3 Å². The third-order valence-electron chi connectivity index (χ3n) is 19.0. The molecule has 92 heavy (non-hydrogen) atoms. The average Bonchev–Trinajstić information content (AvgIpc) is 1.47. The van der Waals surface area contributed by atoms with E-state index in [1.165, 1.54) is 22.3 Å². The summed E-state index contributed by atoms with van der Waals surface area (Å²) in [6.07, 6.45) is 1.95. The summed E-state index contributed by atoms with van der Waals surface area (Å²) in [5.41, 5.74) is 25.9. The fourth-order valence-electron chi connectivity index (χ4n) is 14.8. The predicted octanol–water partition coefficient (Wildman–Crippen LogP) is 22.4. The Morgan fingerprint density at radius 3 is 0.772 bits per heavy atom. The maximum atomic E-state index is 6.59. The second kappa shape index (κ2) is 20.9. The number of rotatable bonds is 9. The molecule has 0 aliphatic heterocycles. The van der Waals surface area contributed by atoms with Crippen LogP contribution in [0.3, 0.4) is 0 Å². The zero-order valence-corrected chi connectivity index (χ0v) is 51.4. The normalized spacial score (nSPS) is 11.9. The van der Waals surface area contributed by atoms with Crippen molar-refractivity contribution in [2.75, 3.05) is 0 Å². The molecule has 0 unspecified atom stereocenters. The van der Waals surface area contributed by atoms with E-state index in [9.17, 15) is 0 Å². The molecular weight excluding hydrogens is 1120 g/mol. The minimum atomic E-state index is 0.767. The van der Waals surface area contributed by atoms with Crippen molar-refractivity contribution >= 4 is 87.2 Å². The third-order valence-corrected chi connectivity index (χ3v) is 19.0. The topological polar surface area (TPSA) is 45.5 Å². The predicted molar refractivity (Wildman–Crippen MR) is 386 cm³/mol. The summed E-state index contributed by atoms with van der Waals surface area (Å²) in [5.74, 6) is 1.53. The Balaban J connectivity index is 1.11. The highest BCUT2D eigenvalue weighted by atomic mass is 15.2. The molecule has 0 aliphatic carbocycles. The lowest BCUT2D eigenvalue weighted by atomic mass is 10.0. The Bertz CT molecular complexity index is 5350. The second-order valence-electron chi connectivity index (χ2n) is 24.9. The van der Waals surface area contributed by atoms with Crippen LogP contribution in [0.2, 0.25) is 0 Å². The van der Waals surface area contributed by atoms with Crippen LogP contribution in [0.5, 0.6) is 0 Å². The summed E-state index contributed by atoms with van der Waals surface area (Å²) >= 11 is 0. The van der Waals surface area contributed by atoms with Crippen LogP contribution in [0.1, 0.15) is 22.3 Å². The molecule has 0 saturated heterocycles. The largest absolute Gasteiger partial charge is 0.305 e. The first kappa shape index (κ1) is 53.2. The summed E-state index contributed by atoms with van der Waals surface area (Å²) in [6.45, 7) is 8.79. The SMILES string of the molecule is Cc1ccc2c(c1)c1cc(C)ccc1n2-c1nc(-n2c3ccc(C)cc3c3cc(C)ccc32)c(-n2c3ccc(-c4ccccc4)cc3c3cc(-c4ccccc4)ccc32)c(-c2ccccn2)c1-n1c2ccc(-c3ccccc3)cc2c2cc(-c3ccccc3)ccc21. The van der Waals surface area contributed by atoms with Gasteiger partial charge >= 0.3 is 0 Å². The highest BCUT2D eigenvalue weighted by Crippen LogP contribution is 2.50. The molecule has 0 spiro atoms. The summed E-state index contributed by atoms with van der Waals surface area (Å²) in [4.78, 5) is 12.2. The maximum absolute atomic E-state index is 6.59. The first-order valence-corrected chi connectivity index (χ1v) is 31.7.